The summed E-state index contributed by atoms with van der Waals surface area (Å²) in [6, 6.07) is 0. The Morgan fingerprint density at radius 1 is 1.64 bits per heavy atom. The summed E-state index contributed by atoms with van der Waals surface area (Å²) in [5.41, 5.74) is 0. The average molecular weight is 179 g/mol. The summed E-state index contributed by atoms with van der Waals surface area (Å²) >= 11 is 0. The zero-order chi connectivity index (χ0) is 8.69. The molecule has 11 heavy (non-hydrogen) atoms. The molecule has 0 aliphatic rings. The summed E-state index contributed by atoms with van der Waals surface area (Å²) in [6.07, 6.45) is 0.265. The summed E-state index contributed by atoms with van der Waals surface area (Å²) in [6.45, 7) is 4.66. The van der Waals surface area contributed by atoms with Crippen molar-refractivity contribution >= 4 is 8.03 Å². The van der Waals surface area contributed by atoms with Gasteiger partial charge in [0.1, 0.15) is 0 Å². The Morgan fingerprint density at radius 3 is 2.73 bits per heavy atom. The van der Waals surface area contributed by atoms with E-state index in [1.165, 1.54) is 0 Å². The SMILES string of the molecule is CCNCCN(C)C[P+](=O)O. The molecule has 2 N–H and O–H groups in total. The standard InChI is InChI=1S/C6H15N2O2P/c1-3-7-4-5-8(2)6-11(9)10/h7H,3-6H2,1-2H3/p+1. The molecule has 0 aromatic carbocycles. The van der Waals surface area contributed by atoms with E-state index in [4.69, 9.17) is 4.89 Å². The van der Waals surface area contributed by atoms with E-state index in [-0.39, 0.29) is 6.29 Å². The van der Waals surface area contributed by atoms with E-state index < -0.39 is 8.03 Å². The molecule has 0 amide bonds. The Bertz CT molecular complexity index is 121. The van der Waals surface area contributed by atoms with Gasteiger partial charge in [0.2, 0.25) is 6.29 Å². The number of hydrogen-bond donors (Lipinski definition) is 2. The van der Waals surface area contributed by atoms with Crippen molar-refractivity contribution in [2.75, 3.05) is 33.0 Å². The van der Waals surface area contributed by atoms with Crippen LogP contribution in [-0.4, -0.2) is 42.8 Å². The zero-order valence-electron chi connectivity index (χ0n) is 7.08. The lowest BCUT2D eigenvalue weighted by Crippen LogP contribution is -2.28. The number of rotatable bonds is 6. The zero-order valence-corrected chi connectivity index (χ0v) is 7.97. The van der Waals surface area contributed by atoms with Crippen LogP contribution in [-0.2, 0) is 4.57 Å². The Labute approximate surface area is 68.5 Å². The van der Waals surface area contributed by atoms with E-state index in [2.05, 4.69) is 5.32 Å². The van der Waals surface area contributed by atoms with Crippen molar-refractivity contribution in [1.29, 1.82) is 0 Å². The fourth-order valence-electron chi connectivity index (χ4n) is 0.724. The lowest BCUT2D eigenvalue weighted by atomic mass is 10.5. The highest BCUT2D eigenvalue weighted by Gasteiger charge is 2.12. The molecule has 0 heterocycles. The van der Waals surface area contributed by atoms with Gasteiger partial charge in [0, 0.05) is 13.1 Å². The van der Waals surface area contributed by atoms with Crippen molar-refractivity contribution in [3.8, 4) is 0 Å². The maximum absolute atomic E-state index is 10.3. The first-order valence-electron chi connectivity index (χ1n) is 3.69. The quantitative estimate of drug-likeness (QED) is 0.452. The molecule has 0 rings (SSSR count). The highest BCUT2D eigenvalue weighted by atomic mass is 31.1. The Hall–Kier alpha value is -0.0200. The first-order valence-corrected chi connectivity index (χ1v) is 5.09. The molecular formula is C6H16N2O2P+. The first kappa shape index (κ1) is 11.0. The minimum atomic E-state index is -2.01. The summed E-state index contributed by atoms with van der Waals surface area (Å²) in [5, 5.41) is 3.13. The van der Waals surface area contributed by atoms with Crippen molar-refractivity contribution in [1.82, 2.24) is 10.2 Å². The molecule has 4 nitrogen and oxygen atoms in total. The van der Waals surface area contributed by atoms with Crippen LogP contribution in [0.25, 0.3) is 0 Å². The van der Waals surface area contributed by atoms with Gasteiger partial charge in [-0.3, -0.25) is 4.90 Å². The number of nitrogens with one attached hydrogen (secondary N) is 1. The molecule has 0 radical (unpaired) electrons. The van der Waals surface area contributed by atoms with E-state index in [1.54, 1.807) is 0 Å². The molecule has 0 aromatic rings. The molecule has 1 unspecified atom stereocenters. The van der Waals surface area contributed by atoms with E-state index in [0.717, 1.165) is 19.6 Å². The molecule has 0 spiro atoms. The van der Waals surface area contributed by atoms with Crippen LogP contribution in [0, 0.1) is 0 Å². The van der Waals surface area contributed by atoms with Crippen LogP contribution in [0.5, 0.6) is 0 Å². The molecule has 0 aromatic heterocycles. The second-order valence-electron chi connectivity index (χ2n) is 2.43. The van der Waals surface area contributed by atoms with Crippen LogP contribution < -0.4 is 5.32 Å². The van der Waals surface area contributed by atoms with Gasteiger partial charge < -0.3 is 5.32 Å². The molecule has 0 bridgehead atoms. The van der Waals surface area contributed by atoms with Gasteiger partial charge in [-0.2, -0.15) is 4.89 Å². The molecule has 1 atom stereocenters. The average Bonchev–Trinajstić information content (AvgIpc) is 1.86. The number of hydrogen-bond acceptors (Lipinski definition) is 3. The molecule has 5 heteroatoms. The predicted octanol–water partition coefficient (Wildman–Crippen LogP) is 0.220. The third-order valence-corrected chi connectivity index (χ3v) is 2.01. The van der Waals surface area contributed by atoms with Gasteiger partial charge in [-0.25, -0.2) is 0 Å². The minimum absolute atomic E-state index is 0.265. The smallest absolute Gasteiger partial charge is 0.316 e. The molecule has 0 fully saturated rings. The second-order valence-corrected chi connectivity index (χ2v) is 3.41. The van der Waals surface area contributed by atoms with Gasteiger partial charge in [-0.15, -0.1) is 0 Å². The molecular weight excluding hydrogens is 163 g/mol. The number of nitrogens with zero attached hydrogens (tertiary/aromatic N) is 1. The Morgan fingerprint density at radius 2 is 2.27 bits per heavy atom. The fourth-order valence-corrected chi connectivity index (χ4v) is 1.28. The van der Waals surface area contributed by atoms with Crippen molar-refractivity contribution in [2.24, 2.45) is 0 Å². The maximum Gasteiger partial charge on any atom is 0.521 e. The monoisotopic (exact) mass is 179 g/mol. The molecule has 66 valence electrons. The lowest BCUT2D eigenvalue weighted by Gasteiger charge is -2.09. The van der Waals surface area contributed by atoms with Gasteiger partial charge in [-0.1, -0.05) is 6.92 Å². The molecule has 0 aliphatic carbocycles. The van der Waals surface area contributed by atoms with Crippen LogP contribution in [0.2, 0.25) is 0 Å². The van der Waals surface area contributed by atoms with Gasteiger partial charge in [-0.05, 0) is 18.2 Å². The predicted molar refractivity (Wildman–Crippen MR) is 45.9 cm³/mol. The minimum Gasteiger partial charge on any atom is -0.316 e. The fraction of sp³-hybridized carbons (Fsp3) is 1.00. The molecule has 0 saturated carbocycles. The van der Waals surface area contributed by atoms with E-state index in [9.17, 15) is 4.57 Å². The normalized spacial score (nSPS) is 12.2. The topological polar surface area (TPSA) is 52.6 Å². The van der Waals surface area contributed by atoms with Crippen LogP contribution >= 0.6 is 8.03 Å². The Kier molecular flexibility index (Phi) is 6.66. The lowest BCUT2D eigenvalue weighted by molar-refractivity contribution is 0.365. The van der Waals surface area contributed by atoms with Crippen LogP contribution in [0.4, 0.5) is 0 Å². The van der Waals surface area contributed by atoms with Gasteiger partial charge >= 0.3 is 8.03 Å². The highest BCUT2D eigenvalue weighted by Crippen LogP contribution is 2.12. The van der Waals surface area contributed by atoms with Crippen molar-refractivity contribution in [3.63, 3.8) is 0 Å². The van der Waals surface area contributed by atoms with Gasteiger partial charge in [0.15, 0.2) is 0 Å². The Balaban J connectivity index is 3.22. The largest absolute Gasteiger partial charge is 0.521 e. The summed E-state index contributed by atoms with van der Waals surface area (Å²) in [7, 11) is -0.178. The van der Waals surface area contributed by atoms with Crippen molar-refractivity contribution in [2.45, 2.75) is 6.92 Å². The highest BCUT2D eigenvalue weighted by molar-refractivity contribution is 7.37. The summed E-state index contributed by atoms with van der Waals surface area (Å²) in [4.78, 5) is 10.4. The summed E-state index contributed by atoms with van der Waals surface area (Å²) < 4.78 is 10.3. The third kappa shape index (κ3) is 7.88. The van der Waals surface area contributed by atoms with Crippen molar-refractivity contribution in [3.05, 3.63) is 0 Å². The van der Waals surface area contributed by atoms with Crippen LogP contribution in [0.3, 0.4) is 0 Å². The second kappa shape index (κ2) is 6.68. The number of likely N-dealkylation sites (N-methyl/N-ethyl adjacent to an activating group) is 2. The van der Waals surface area contributed by atoms with E-state index in [1.807, 2.05) is 18.9 Å². The third-order valence-electron chi connectivity index (χ3n) is 1.28. The van der Waals surface area contributed by atoms with Crippen molar-refractivity contribution < 1.29 is 9.46 Å². The van der Waals surface area contributed by atoms with Crippen LogP contribution in [0.1, 0.15) is 6.92 Å². The molecule has 0 aliphatic heterocycles. The van der Waals surface area contributed by atoms with Gasteiger partial charge in [0.25, 0.3) is 0 Å². The molecule has 0 saturated heterocycles. The van der Waals surface area contributed by atoms with E-state index >= 15 is 0 Å². The summed E-state index contributed by atoms with van der Waals surface area (Å²) in [5.74, 6) is 0. The first-order chi connectivity index (χ1) is 5.16. The van der Waals surface area contributed by atoms with Gasteiger partial charge in [0.05, 0.1) is 0 Å². The van der Waals surface area contributed by atoms with E-state index in [0.29, 0.717) is 0 Å². The maximum atomic E-state index is 10.3. The van der Waals surface area contributed by atoms with Crippen LogP contribution in [0.15, 0.2) is 0 Å².